The molecule has 0 amide bonds. The summed E-state index contributed by atoms with van der Waals surface area (Å²) in [5.74, 6) is 1.84. The van der Waals surface area contributed by atoms with Gasteiger partial charge in [0, 0.05) is 12.2 Å². The van der Waals surface area contributed by atoms with Gasteiger partial charge in [-0.2, -0.15) is 0 Å². The topological polar surface area (TPSA) is 30.5 Å². The molecule has 0 aliphatic rings. The standard InChI is InChI=1S/C15H23F2NO2S/c1-4-18-7-5-11-9-13(20-3)14(10-12(11)19-2)21-8-6-15(16)17/h9-10,15,18H,4-8H2,1-3H3. The molecule has 0 aliphatic carbocycles. The van der Waals surface area contributed by atoms with E-state index < -0.39 is 6.43 Å². The van der Waals surface area contributed by atoms with Crippen molar-refractivity contribution in [3.8, 4) is 11.5 Å². The monoisotopic (exact) mass is 319 g/mol. The summed E-state index contributed by atoms with van der Waals surface area (Å²) in [6.45, 7) is 3.83. The molecule has 21 heavy (non-hydrogen) atoms. The second-order valence-electron chi connectivity index (χ2n) is 4.45. The van der Waals surface area contributed by atoms with Crippen molar-refractivity contribution in [1.29, 1.82) is 0 Å². The Morgan fingerprint density at radius 2 is 1.90 bits per heavy atom. The Hall–Kier alpha value is -1.01. The third kappa shape index (κ3) is 6.09. The molecule has 1 aromatic carbocycles. The fourth-order valence-corrected chi connectivity index (χ4v) is 2.89. The molecule has 0 spiro atoms. The highest BCUT2D eigenvalue weighted by molar-refractivity contribution is 7.99. The van der Waals surface area contributed by atoms with Crippen LogP contribution in [0.2, 0.25) is 0 Å². The molecule has 0 aliphatic heterocycles. The lowest BCUT2D eigenvalue weighted by Gasteiger charge is -2.15. The minimum absolute atomic E-state index is 0.127. The first-order valence-corrected chi connectivity index (χ1v) is 7.97. The van der Waals surface area contributed by atoms with Crippen LogP contribution in [0.4, 0.5) is 8.78 Å². The Kier molecular flexibility index (Phi) is 8.45. The van der Waals surface area contributed by atoms with Crippen LogP contribution in [0.15, 0.2) is 17.0 Å². The SMILES string of the molecule is CCNCCc1cc(OC)c(SCCC(F)F)cc1OC. The number of benzene rings is 1. The number of hydrogen-bond acceptors (Lipinski definition) is 4. The van der Waals surface area contributed by atoms with E-state index in [1.807, 2.05) is 12.1 Å². The Bertz CT molecular complexity index is 430. The van der Waals surface area contributed by atoms with E-state index in [4.69, 9.17) is 9.47 Å². The van der Waals surface area contributed by atoms with Gasteiger partial charge >= 0.3 is 0 Å². The van der Waals surface area contributed by atoms with Crippen LogP contribution in [0.25, 0.3) is 0 Å². The first-order valence-electron chi connectivity index (χ1n) is 6.98. The van der Waals surface area contributed by atoms with Gasteiger partial charge in [-0.05, 0) is 37.2 Å². The summed E-state index contributed by atoms with van der Waals surface area (Å²) in [6.07, 6.45) is -1.57. The molecule has 0 atom stereocenters. The lowest BCUT2D eigenvalue weighted by atomic mass is 10.1. The van der Waals surface area contributed by atoms with Crippen molar-refractivity contribution in [3.63, 3.8) is 0 Å². The molecular weight excluding hydrogens is 296 g/mol. The summed E-state index contributed by atoms with van der Waals surface area (Å²) in [6, 6.07) is 3.80. The number of halogens is 2. The molecule has 0 saturated carbocycles. The van der Waals surface area contributed by atoms with E-state index in [-0.39, 0.29) is 6.42 Å². The minimum atomic E-state index is -2.27. The molecule has 0 heterocycles. The second kappa shape index (κ2) is 9.84. The number of rotatable bonds is 10. The lowest BCUT2D eigenvalue weighted by Crippen LogP contribution is -2.16. The summed E-state index contributed by atoms with van der Waals surface area (Å²) >= 11 is 1.37. The molecule has 0 unspecified atom stereocenters. The van der Waals surface area contributed by atoms with Crippen LogP contribution in [0.5, 0.6) is 11.5 Å². The number of methoxy groups -OCH3 is 2. The largest absolute Gasteiger partial charge is 0.496 e. The van der Waals surface area contributed by atoms with Gasteiger partial charge in [-0.15, -0.1) is 11.8 Å². The summed E-state index contributed by atoms with van der Waals surface area (Å²) in [5, 5.41) is 3.26. The predicted octanol–water partition coefficient (Wildman–Crippen LogP) is 3.60. The maximum Gasteiger partial charge on any atom is 0.239 e. The Morgan fingerprint density at radius 3 is 2.48 bits per heavy atom. The van der Waals surface area contributed by atoms with E-state index in [9.17, 15) is 8.78 Å². The van der Waals surface area contributed by atoms with E-state index in [1.165, 1.54) is 11.8 Å². The molecule has 1 N–H and O–H groups in total. The first kappa shape index (κ1) is 18.0. The van der Waals surface area contributed by atoms with Gasteiger partial charge in [0.05, 0.1) is 19.1 Å². The van der Waals surface area contributed by atoms with Crippen LogP contribution in [0, 0.1) is 0 Å². The van der Waals surface area contributed by atoms with Crippen LogP contribution in [-0.2, 0) is 6.42 Å². The molecule has 6 heteroatoms. The van der Waals surface area contributed by atoms with Crippen molar-refractivity contribution in [2.45, 2.75) is 31.1 Å². The van der Waals surface area contributed by atoms with Gasteiger partial charge in [0.15, 0.2) is 0 Å². The molecule has 1 rings (SSSR count). The van der Waals surface area contributed by atoms with Gasteiger partial charge in [0.1, 0.15) is 11.5 Å². The highest BCUT2D eigenvalue weighted by Crippen LogP contribution is 2.36. The normalized spacial score (nSPS) is 11.0. The van der Waals surface area contributed by atoms with Gasteiger partial charge in [-0.1, -0.05) is 6.92 Å². The van der Waals surface area contributed by atoms with E-state index in [0.29, 0.717) is 11.5 Å². The van der Waals surface area contributed by atoms with Crippen molar-refractivity contribution in [3.05, 3.63) is 17.7 Å². The van der Waals surface area contributed by atoms with E-state index in [1.54, 1.807) is 14.2 Å². The highest BCUT2D eigenvalue weighted by Gasteiger charge is 2.12. The molecule has 3 nitrogen and oxygen atoms in total. The predicted molar refractivity (Wildman–Crippen MR) is 83.1 cm³/mol. The van der Waals surface area contributed by atoms with Gasteiger partial charge in [0.2, 0.25) is 6.43 Å². The molecule has 0 radical (unpaired) electrons. The molecular formula is C15H23F2NO2S. The molecule has 120 valence electrons. The van der Waals surface area contributed by atoms with Gasteiger partial charge < -0.3 is 14.8 Å². The average molecular weight is 319 g/mol. The second-order valence-corrected chi connectivity index (χ2v) is 5.58. The summed E-state index contributed by atoms with van der Waals surface area (Å²) in [7, 11) is 3.21. The molecule has 0 fully saturated rings. The Labute approximate surface area is 129 Å². The van der Waals surface area contributed by atoms with Crippen molar-refractivity contribution in [2.75, 3.05) is 33.1 Å². The van der Waals surface area contributed by atoms with E-state index in [0.717, 1.165) is 35.7 Å². The molecule has 0 bridgehead atoms. The molecule has 0 aromatic heterocycles. The van der Waals surface area contributed by atoms with Crippen molar-refractivity contribution >= 4 is 11.8 Å². The van der Waals surface area contributed by atoms with E-state index in [2.05, 4.69) is 12.2 Å². The Morgan fingerprint density at radius 1 is 1.19 bits per heavy atom. The van der Waals surface area contributed by atoms with Crippen molar-refractivity contribution in [1.82, 2.24) is 5.32 Å². The summed E-state index contributed by atoms with van der Waals surface area (Å²) in [4.78, 5) is 0.835. The van der Waals surface area contributed by atoms with E-state index >= 15 is 0 Å². The quantitative estimate of drug-likeness (QED) is 0.527. The zero-order valence-electron chi connectivity index (χ0n) is 12.7. The molecule has 0 saturated heterocycles. The number of thioether (sulfide) groups is 1. The van der Waals surface area contributed by atoms with Crippen molar-refractivity contribution < 1.29 is 18.3 Å². The van der Waals surface area contributed by atoms with Crippen LogP contribution in [0.1, 0.15) is 18.9 Å². The first-order chi connectivity index (χ1) is 10.1. The third-order valence-corrected chi connectivity index (χ3v) is 4.05. The zero-order chi connectivity index (χ0) is 15.7. The van der Waals surface area contributed by atoms with Crippen LogP contribution in [-0.4, -0.2) is 39.5 Å². The maximum absolute atomic E-state index is 12.2. The lowest BCUT2D eigenvalue weighted by molar-refractivity contribution is 0.145. The maximum atomic E-state index is 12.2. The van der Waals surface area contributed by atoms with Crippen molar-refractivity contribution in [2.24, 2.45) is 0 Å². The summed E-state index contributed by atoms with van der Waals surface area (Å²) in [5.41, 5.74) is 1.05. The minimum Gasteiger partial charge on any atom is -0.496 e. The molecule has 1 aromatic rings. The number of ether oxygens (including phenoxy) is 2. The van der Waals surface area contributed by atoms with Gasteiger partial charge in [-0.3, -0.25) is 0 Å². The van der Waals surface area contributed by atoms with Crippen LogP contribution in [0.3, 0.4) is 0 Å². The number of alkyl halides is 2. The zero-order valence-corrected chi connectivity index (χ0v) is 13.6. The summed E-state index contributed by atoms with van der Waals surface area (Å²) < 4.78 is 35.2. The number of nitrogens with one attached hydrogen (secondary N) is 1. The fourth-order valence-electron chi connectivity index (χ4n) is 1.90. The Balaban J connectivity index is 2.83. The average Bonchev–Trinajstić information content (AvgIpc) is 2.47. The fraction of sp³-hybridized carbons (Fsp3) is 0.600. The van der Waals surface area contributed by atoms with Crippen LogP contribution >= 0.6 is 11.8 Å². The van der Waals surface area contributed by atoms with Gasteiger partial charge in [-0.25, -0.2) is 8.78 Å². The number of likely N-dealkylation sites (N-methyl/N-ethyl adjacent to an activating group) is 1. The van der Waals surface area contributed by atoms with Gasteiger partial charge in [0.25, 0.3) is 0 Å². The van der Waals surface area contributed by atoms with Crippen LogP contribution < -0.4 is 14.8 Å². The highest BCUT2D eigenvalue weighted by atomic mass is 32.2. The smallest absolute Gasteiger partial charge is 0.239 e. The third-order valence-electron chi connectivity index (χ3n) is 2.98. The number of hydrogen-bond donors (Lipinski definition) is 1.